The van der Waals surface area contributed by atoms with Crippen LogP contribution in [0.3, 0.4) is 0 Å². The number of fused-ring (bicyclic) bond motifs is 5. The number of halogens is 1. The van der Waals surface area contributed by atoms with Crippen LogP contribution in [0.2, 0.25) is 5.02 Å². The Morgan fingerprint density at radius 1 is 1.20 bits per heavy atom. The van der Waals surface area contributed by atoms with Gasteiger partial charge in [-0.25, -0.2) is 0 Å². The van der Waals surface area contributed by atoms with Gasteiger partial charge in [0.15, 0.2) is 0 Å². The zero-order chi connectivity index (χ0) is 13.7. The molecule has 2 bridgehead atoms. The van der Waals surface area contributed by atoms with Crippen LogP contribution in [0.15, 0.2) is 24.3 Å². The lowest BCUT2D eigenvalue weighted by atomic mass is 10.0. The summed E-state index contributed by atoms with van der Waals surface area (Å²) in [6.45, 7) is 0.391. The van der Waals surface area contributed by atoms with Crippen LogP contribution in [0.4, 0.5) is 5.69 Å². The van der Waals surface area contributed by atoms with Gasteiger partial charge in [0.05, 0.1) is 17.3 Å². The van der Waals surface area contributed by atoms with Gasteiger partial charge in [-0.1, -0.05) is 23.7 Å². The molecule has 0 aromatic heterocycles. The number of anilines is 1. The standard InChI is InChI=1S/C16H19ClN2O/c17-11-3-1-2-4-12(11)19-13(20)8-18-16-14-9-5-6-10(7-9)15(14)16/h1-4,9-10,14-16,18H,5-8H2,(H,19,20). The van der Waals surface area contributed by atoms with Gasteiger partial charge in [0, 0.05) is 6.04 Å². The highest BCUT2D eigenvalue weighted by molar-refractivity contribution is 6.33. The van der Waals surface area contributed by atoms with E-state index in [1.165, 1.54) is 19.3 Å². The van der Waals surface area contributed by atoms with Gasteiger partial charge in [-0.3, -0.25) is 4.79 Å². The predicted octanol–water partition coefficient (Wildman–Crippen LogP) is 2.91. The second kappa shape index (κ2) is 4.74. The largest absolute Gasteiger partial charge is 0.324 e. The van der Waals surface area contributed by atoms with Crippen LogP contribution in [-0.2, 0) is 4.79 Å². The second-order valence-corrected chi connectivity index (χ2v) is 6.83. The molecule has 1 aromatic carbocycles. The number of hydrogen-bond donors (Lipinski definition) is 2. The molecular formula is C16H19ClN2O. The quantitative estimate of drug-likeness (QED) is 0.895. The Balaban J connectivity index is 1.29. The molecule has 0 aliphatic heterocycles. The van der Waals surface area contributed by atoms with E-state index in [2.05, 4.69) is 10.6 Å². The Kier molecular flexibility index (Phi) is 3.00. The Bertz CT molecular complexity index is 531. The maximum Gasteiger partial charge on any atom is 0.238 e. The second-order valence-electron chi connectivity index (χ2n) is 6.42. The van der Waals surface area contributed by atoms with Crippen LogP contribution in [0.5, 0.6) is 0 Å². The zero-order valence-corrected chi connectivity index (χ0v) is 12.1. The predicted molar refractivity (Wildman–Crippen MR) is 79.7 cm³/mol. The summed E-state index contributed by atoms with van der Waals surface area (Å²) in [5.41, 5.74) is 0.692. The van der Waals surface area contributed by atoms with Gasteiger partial charge in [0.1, 0.15) is 0 Å². The number of rotatable bonds is 4. The van der Waals surface area contributed by atoms with Crippen molar-refractivity contribution in [3.63, 3.8) is 0 Å². The summed E-state index contributed by atoms with van der Waals surface area (Å²) in [5.74, 6) is 3.60. The minimum Gasteiger partial charge on any atom is -0.324 e. The molecule has 3 nitrogen and oxygen atoms in total. The van der Waals surface area contributed by atoms with Gasteiger partial charge >= 0.3 is 0 Å². The monoisotopic (exact) mass is 290 g/mol. The lowest BCUT2D eigenvalue weighted by Gasteiger charge is -2.11. The molecule has 2 N–H and O–H groups in total. The third kappa shape index (κ3) is 2.04. The molecule has 0 spiro atoms. The highest BCUT2D eigenvalue weighted by Gasteiger charge is 2.64. The first-order chi connectivity index (χ1) is 9.74. The average Bonchev–Trinajstić information content (AvgIpc) is 2.83. The molecule has 4 atom stereocenters. The van der Waals surface area contributed by atoms with Crippen LogP contribution < -0.4 is 10.6 Å². The summed E-state index contributed by atoms with van der Waals surface area (Å²) in [7, 11) is 0. The van der Waals surface area contributed by atoms with Gasteiger partial charge in [0.25, 0.3) is 0 Å². The molecule has 4 unspecified atom stereocenters. The highest BCUT2D eigenvalue weighted by Crippen LogP contribution is 2.65. The van der Waals surface area contributed by atoms with E-state index in [1.807, 2.05) is 18.2 Å². The average molecular weight is 291 g/mol. The van der Waals surface area contributed by atoms with Gasteiger partial charge in [-0.05, 0) is 55.1 Å². The van der Waals surface area contributed by atoms with E-state index in [1.54, 1.807) is 6.07 Å². The smallest absolute Gasteiger partial charge is 0.238 e. The lowest BCUT2D eigenvalue weighted by molar-refractivity contribution is -0.115. The van der Waals surface area contributed by atoms with Gasteiger partial charge in [-0.2, -0.15) is 0 Å². The molecule has 4 rings (SSSR count). The van der Waals surface area contributed by atoms with Crippen molar-refractivity contribution in [2.24, 2.45) is 23.7 Å². The topological polar surface area (TPSA) is 41.1 Å². The number of carbonyl (C=O) groups is 1. The van der Waals surface area contributed by atoms with Crippen molar-refractivity contribution in [1.82, 2.24) is 5.32 Å². The fourth-order valence-corrected chi connectivity index (χ4v) is 4.75. The first-order valence-electron chi connectivity index (χ1n) is 7.52. The number of amides is 1. The molecule has 3 fully saturated rings. The fraction of sp³-hybridized carbons (Fsp3) is 0.562. The Morgan fingerprint density at radius 3 is 2.60 bits per heavy atom. The normalized spacial score (nSPS) is 36.8. The van der Waals surface area contributed by atoms with Gasteiger partial charge in [-0.15, -0.1) is 0 Å². The van der Waals surface area contributed by atoms with E-state index >= 15 is 0 Å². The van der Waals surface area contributed by atoms with E-state index in [-0.39, 0.29) is 5.91 Å². The summed E-state index contributed by atoms with van der Waals surface area (Å²) in [4.78, 5) is 12.0. The van der Waals surface area contributed by atoms with Crippen LogP contribution in [0, 0.1) is 23.7 Å². The third-order valence-corrected chi connectivity index (χ3v) is 5.71. The molecule has 1 aromatic rings. The number of hydrogen-bond acceptors (Lipinski definition) is 2. The Morgan fingerprint density at radius 2 is 1.90 bits per heavy atom. The molecule has 0 radical (unpaired) electrons. The Labute approximate surface area is 124 Å². The van der Waals surface area contributed by atoms with Crippen molar-refractivity contribution < 1.29 is 4.79 Å². The van der Waals surface area contributed by atoms with E-state index in [4.69, 9.17) is 11.6 Å². The Hall–Kier alpha value is -1.06. The number of para-hydroxylation sites is 1. The number of nitrogens with one attached hydrogen (secondary N) is 2. The lowest BCUT2D eigenvalue weighted by Crippen LogP contribution is -2.32. The van der Waals surface area contributed by atoms with Crippen LogP contribution in [0.1, 0.15) is 19.3 Å². The molecule has 3 aliphatic carbocycles. The molecule has 20 heavy (non-hydrogen) atoms. The third-order valence-electron chi connectivity index (χ3n) is 5.38. The van der Waals surface area contributed by atoms with E-state index in [9.17, 15) is 4.79 Å². The fourth-order valence-electron chi connectivity index (χ4n) is 4.57. The molecule has 3 aliphatic rings. The van der Waals surface area contributed by atoms with Gasteiger partial charge in [0.2, 0.25) is 5.91 Å². The van der Waals surface area contributed by atoms with Crippen molar-refractivity contribution in [2.45, 2.75) is 25.3 Å². The SMILES string of the molecule is O=C(CNC1C2C3CCC(C3)C12)Nc1ccccc1Cl. The van der Waals surface area contributed by atoms with E-state index in [0.717, 1.165) is 23.7 Å². The molecule has 4 heteroatoms. The first kappa shape index (κ1) is 12.7. The van der Waals surface area contributed by atoms with Crippen LogP contribution >= 0.6 is 11.6 Å². The van der Waals surface area contributed by atoms with Gasteiger partial charge < -0.3 is 10.6 Å². The number of benzene rings is 1. The number of carbonyl (C=O) groups excluding carboxylic acids is 1. The minimum atomic E-state index is -0.00424. The summed E-state index contributed by atoms with van der Waals surface area (Å²) in [5, 5.41) is 6.89. The van der Waals surface area contributed by atoms with Crippen molar-refractivity contribution in [1.29, 1.82) is 0 Å². The van der Waals surface area contributed by atoms with Crippen molar-refractivity contribution in [3.05, 3.63) is 29.3 Å². The first-order valence-corrected chi connectivity index (χ1v) is 7.89. The molecule has 0 heterocycles. The van der Waals surface area contributed by atoms with Crippen molar-refractivity contribution in [3.8, 4) is 0 Å². The summed E-state index contributed by atoms with van der Waals surface area (Å²) >= 11 is 6.03. The highest BCUT2D eigenvalue weighted by atomic mass is 35.5. The molecular weight excluding hydrogens is 272 g/mol. The molecule has 106 valence electrons. The van der Waals surface area contributed by atoms with Crippen molar-refractivity contribution >= 4 is 23.2 Å². The summed E-state index contributed by atoms with van der Waals surface area (Å²) in [6, 6.07) is 7.94. The maximum atomic E-state index is 12.0. The van der Waals surface area contributed by atoms with Crippen LogP contribution in [0.25, 0.3) is 0 Å². The van der Waals surface area contributed by atoms with E-state index in [0.29, 0.717) is 23.3 Å². The molecule has 3 saturated carbocycles. The molecule has 1 amide bonds. The summed E-state index contributed by atoms with van der Waals surface area (Å²) in [6.07, 6.45) is 4.27. The maximum absolute atomic E-state index is 12.0. The minimum absolute atomic E-state index is 0.00424. The van der Waals surface area contributed by atoms with E-state index < -0.39 is 0 Å². The molecule has 0 saturated heterocycles. The zero-order valence-electron chi connectivity index (χ0n) is 11.3. The van der Waals surface area contributed by atoms with Crippen molar-refractivity contribution in [2.75, 3.05) is 11.9 Å². The van der Waals surface area contributed by atoms with Crippen LogP contribution in [-0.4, -0.2) is 18.5 Å². The summed E-state index contributed by atoms with van der Waals surface area (Å²) < 4.78 is 0.